The summed E-state index contributed by atoms with van der Waals surface area (Å²) in [4.78, 5) is 4.67. The van der Waals surface area contributed by atoms with Gasteiger partial charge < -0.3 is 31.9 Å². The van der Waals surface area contributed by atoms with E-state index in [1.165, 1.54) is 38.2 Å². The maximum Gasteiger partial charge on any atom is 0.150 e. The minimum atomic E-state index is -0.505. The van der Waals surface area contributed by atoms with E-state index in [-0.39, 0.29) is 5.69 Å². The summed E-state index contributed by atoms with van der Waals surface area (Å²) in [6.07, 6.45) is 10.4. The lowest BCUT2D eigenvalue weighted by Crippen LogP contribution is -2.44. The van der Waals surface area contributed by atoms with Gasteiger partial charge in [-0.1, -0.05) is 50.9 Å². The van der Waals surface area contributed by atoms with Gasteiger partial charge in [0.25, 0.3) is 0 Å². The Bertz CT molecular complexity index is 1310. The van der Waals surface area contributed by atoms with Crippen LogP contribution in [0.15, 0.2) is 54.9 Å². The van der Waals surface area contributed by atoms with Gasteiger partial charge >= 0.3 is 0 Å². The summed E-state index contributed by atoms with van der Waals surface area (Å²) in [5.74, 6) is -0.505. The van der Waals surface area contributed by atoms with E-state index >= 15 is 0 Å². The number of nitrogens with zero attached hydrogens (tertiary/aromatic N) is 2. The van der Waals surface area contributed by atoms with Crippen LogP contribution in [0.4, 0.5) is 27.1 Å². The van der Waals surface area contributed by atoms with Crippen molar-refractivity contribution in [3.8, 4) is 0 Å². The highest BCUT2D eigenvalue weighted by Crippen LogP contribution is 2.41. The number of nitrogens with two attached hydrogens (primary N) is 2. The zero-order chi connectivity index (χ0) is 29.7. The molecule has 1 saturated carbocycles. The van der Waals surface area contributed by atoms with Crippen molar-refractivity contribution in [2.24, 2.45) is 11.1 Å². The zero-order valence-electron chi connectivity index (χ0n) is 24.9. The molecule has 2 aromatic rings. The third-order valence-electron chi connectivity index (χ3n) is 8.79. The Labute approximate surface area is 250 Å². The number of rotatable bonds is 10. The summed E-state index contributed by atoms with van der Waals surface area (Å²) in [6, 6.07) is 7.70. The number of nitrogens with one attached hydrogen (secondary N) is 2. The fourth-order valence-corrected chi connectivity index (χ4v) is 6.06. The Hall–Kier alpha value is -3.16. The molecule has 6 nitrogen and oxygen atoms in total. The van der Waals surface area contributed by atoms with E-state index in [9.17, 15) is 4.39 Å². The Morgan fingerprint density at radius 1 is 1.12 bits per heavy atom. The predicted octanol–water partition coefficient (Wildman–Crippen LogP) is 7.72. The molecule has 0 unspecified atom stereocenters. The zero-order valence-corrected chi connectivity index (χ0v) is 25.6. The van der Waals surface area contributed by atoms with E-state index in [1.54, 1.807) is 6.92 Å². The van der Waals surface area contributed by atoms with Gasteiger partial charge in [-0.3, -0.25) is 0 Å². The van der Waals surface area contributed by atoms with E-state index in [0.29, 0.717) is 33.0 Å². The van der Waals surface area contributed by atoms with Gasteiger partial charge in [-0.05, 0) is 74.9 Å². The third-order valence-corrected chi connectivity index (χ3v) is 9.28. The number of likely N-dealkylation sites (N-methyl/N-ethyl adjacent to an activating group) is 1. The van der Waals surface area contributed by atoms with Crippen LogP contribution in [0.25, 0.3) is 5.70 Å². The summed E-state index contributed by atoms with van der Waals surface area (Å²) in [7, 11) is 2.13. The van der Waals surface area contributed by atoms with Gasteiger partial charge in [0.2, 0.25) is 0 Å². The molecular formula is C33H46ClFN6. The molecule has 6 N–H and O–H groups in total. The Morgan fingerprint density at radius 2 is 1.80 bits per heavy atom. The molecule has 2 aliphatic rings. The maximum atomic E-state index is 14.3. The fraction of sp³-hybridized carbons (Fsp3) is 0.455. The molecule has 41 heavy (non-hydrogen) atoms. The van der Waals surface area contributed by atoms with Gasteiger partial charge in [0.05, 0.1) is 27.8 Å². The SMILES string of the molecule is C=C(CCC1(C)CCCCC1)/C(N)=C/Nc1ccc(N2CCN(C)CC2)c(NC(=C)c2cc(N)c(F)c(C)c2Cl)c1. The Balaban J connectivity index is 1.53. The summed E-state index contributed by atoms with van der Waals surface area (Å²) in [5, 5.41) is 7.09. The average molecular weight is 581 g/mol. The molecule has 0 aromatic heterocycles. The van der Waals surface area contributed by atoms with Gasteiger partial charge in [0, 0.05) is 54.9 Å². The van der Waals surface area contributed by atoms with Gasteiger partial charge in [0.15, 0.2) is 5.82 Å². The molecule has 1 aliphatic heterocycles. The molecular weight excluding hydrogens is 535 g/mol. The third kappa shape index (κ3) is 7.57. The number of anilines is 4. The first-order valence-electron chi connectivity index (χ1n) is 14.7. The van der Waals surface area contributed by atoms with E-state index in [4.69, 9.17) is 23.1 Å². The van der Waals surface area contributed by atoms with E-state index in [2.05, 4.69) is 53.6 Å². The van der Waals surface area contributed by atoms with Crippen LogP contribution in [0.3, 0.4) is 0 Å². The summed E-state index contributed by atoms with van der Waals surface area (Å²) < 4.78 is 14.3. The first-order valence-corrected chi connectivity index (χ1v) is 15.0. The highest BCUT2D eigenvalue weighted by molar-refractivity contribution is 6.33. The lowest BCUT2D eigenvalue weighted by molar-refractivity contribution is 0.199. The predicted molar refractivity (Wildman–Crippen MR) is 175 cm³/mol. The first kappa shape index (κ1) is 30.8. The number of hydrogen-bond acceptors (Lipinski definition) is 6. The largest absolute Gasteiger partial charge is 0.397 e. The molecule has 222 valence electrons. The van der Waals surface area contributed by atoms with Gasteiger partial charge in [-0.25, -0.2) is 4.39 Å². The number of benzene rings is 2. The van der Waals surface area contributed by atoms with Gasteiger partial charge in [0.1, 0.15) is 0 Å². The first-order chi connectivity index (χ1) is 19.5. The molecule has 2 aromatic carbocycles. The normalized spacial score (nSPS) is 17.8. The molecule has 0 bridgehead atoms. The van der Waals surface area contributed by atoms with Crippen LogP contribution in [0.2, 0.25) is 5.02 Å². The fourth-order valence-electron chi connectivity index (χ4n) is 5.81. The number of allylic oxidation sites excluding steroid dienone is 1. The highest BCUT2D eigenvalue weighted by Gasteiger charge is 2.26. The lowest BCUT2D eigenvalue weighted by Gasteiger charge is -2.35. The van der Waals surface area contributed by atoms with Crippen molar-refractivity contribution in [1.29, 1.82) is 0 Å². The van der Waals surface area contributed by atoms with Crippen LogP contribution in [0, 0.1) is 18.2 Å². The minimum absolute atomic E-state index is 0.0397. The summed E-state index contributed by atoms with van der Waals surface area (Å²) >= 11 is 6.51. The standard InChI is InChI=1S/C33H46ClFN6/c1-22(11-14-33(4)12-7-6-8-13-33)28(37)21-38-25-9-10-30(41-17-15-40(5)16-18-41)29(19-25)39-24(3)26-20-27(36)32(35)23(2)31(26)34/h9-10,19-21,38-39H,1,3,6-8,11-18,36-37H2,2,4-5H3/b28-21-. The van der Waals surface area contributed by atoms with Crippen molar-refractivity contribution in [3.05, 3.63) is 76.9 Å². The molecule has 1 aliphatic carbocycles. The minimum Gasteiger partial charge on any atom is -0.397 e. The second-order valence-corrected chi connectivity index (χ2v) is 12.5. The molecule has 0 amide bonds. The molecule has 1 saturated heterocycles. The van der Waals surface area contributed by atoms with Gasteiger partial charge in [-0.2, -0.15) is 0 Å². The number of hydrogen-bond donors (Lipinski definition) is 4. The molecule has 0 spiro atoms. The van der Waals surface area contributed by atoms with E-state index in [1.807, 2.05) is 18.3 Å². The van der Waals surface area contributed by atoms with Crippen molar-refractivity contribution >= 4 is 40.0 Å². The molecule has 1 heterocycles. The van der Waals surface area contributed by atoms with Crippen molar-refractivity contribution in [2.75, 3.05) is 54.5 Å². The Kier molecular flexibility index (Phi) is 9.92. The molecule has 4 rings (SSSR count). The lowest BCUT2D eigenvalue weighted by atomic mass is 9.72. The van der Waals surface area contributed by atoms with E-state index < -0.39 is 5.82 Å². The van der Waals surface area contributed by atoms with Crippen molar-refractivity contribution < 1.29 is 4.39 Å². The van der Waals surface area contributed by atoms with Crippen LogP contribution in [0.5, 0.6) is 0 Å². The van der Waals surface area contributed by atoms with Crippen molar-refractivity contribution in [2.45, 2.75) is 58.8 Å². The smallest absolute Gasteiger partial charge is 0.150 e. The molecule has 0 radical (unpaired) electrons. The van der Waals surface area contributed by atoms with Crippen LogP contribution >= 0.6 is 11.6 Å². The Morgan fingerprint density at radius 3 is 2.49 bits per heavy atom. The summed E-state index contributed by atoms with van der Waals surface area (Å²) in [6.45, 7) is 16.2. The van der Waals surface area contributed by atoms with Crippen LogP contribution in [0.1, 0.15) is 63.0 Å². The summed E-state index contributed by atoms with van der Waals surface area (Å²) in [5.41, 5.74) is 18.6. The second kappa shape index (κ2) is 13.2. The molecule has 8 heteroatoms. The monoisotopic (exact) mass is 580 g/mol. The van der Waals surface area contributed by atoms with Crippen LogP contribution in [-0.2, 0) is 0 Å². The van der Waals surface area contributed by atoms with Crippen molar-refractivity contribution in [1.82, 2.24) is 4.90 Å². The van der Waals surface area contributed by atoms with Crippen molar-refractivity contribution in [3.63, 3.8) is 0 Å². The van der Waals surface area contributed by atoms with Crippen LogP contribution < -0.4 is 27.0 Å². The van der Waals surface area contributed by atoms with Gasteiger partial charge in [-0.15, -0.1) is 0 Å². The average Bonchev–Trinajstić information content (AvgIpc) is 2.96. The second-order valence-electron chi connectivity index (χ2n) is 12.1. The number of nitrogen functional groups attached to an aromatic ring is 1. The maximum absolute atomic E-state index is 14.3. The number of halogens is 2. The molecule has 2 fully saturated rings. The highest BCUT2D eigenvalue weighted by atomic mass is 35.5. The quantitative estimate of drug-likeness (QED) is 0.170. The van der Waals surface area contributed by atoms with Crippen LogP contribution in [-0.4, -0.2) is 38.1 Å². The number of piperazine rings is 1. The van der Waals surface area contributed by atoms with E-state index in [0.717, 1.165) is 61.7 Å². The molecule has 0 atom stereocenters. The topological polar surface area (TPSA) is 82.6 Å².